The number of para-hydroxylation sites is 1. The predicted octanol–water partition coefficient (Wildman–Crippen LogP) is 6.98. The van der Waals surface area contributed by atoms with Gasteiger partial charge < -0.3 is 9.47 Å². The average Bonchev–Trinajstić information content (AvgIpc) is 3.08. The van der Waals surface area contributed by atoms with Crippen LogP contribution in [0.15, 0.2) is 76.1 Å². The number of benzene rings is 3. The van der Waals surface area contributed by atoms with Crippen molar-refractivity contribution in [1.82, 2.24) is 0 Å². The number of ether oxygens (including phenoxy) is 2. The van der Waals surface area contributed by atoms with Gasteiger partial charge in [0.2, 0.25) is 0 Å². The highest BCUT2D eigenvalue weighted by Crippen LogP contribution is 2.39. The lowest BCUT2D eigenvalue weighted by Crippen LogP contribution is -2.27. The van der Waals surface area contributed by atoms with Crippen LogP contribution in [0.5, 0.6) is 11.5 Å². The first-order chi connectivity index (χ1) is 16.0. The molecule has 4 rings (SSSR count). The first-order valence-electron chi connectivity index (χ1n) is 10.4. The van der Waals surface area contributed by atoms with E-state index in [0.717, 1.165) is 27.4 Å². The third-order valence-corrected chi connectivity index (χ3v) is 6.49. The number of hydrogen-bond donors (Lipinski definition) is 0. The summed E-state index contributed by atoms with van der Waals surface area (Å²) < 4.78 is 12.6. The van der Waals surface area contributed by atoms with Crippen LogP contribution in [0.4, 0.5) is 10.5 Å². The van der Waals surface area contributed by atoms with Gasteiger partial charge in [0, 0.05) is 4.47 Å². The van der Waals surface area contributed by atoms with Crippen LogP contribution in [0.25, 0.3) is 6.08 Å². The third-order valence-electron chi connectivity index (χ3n) is 4.93. The standard InChI is InChI=1S/C26H22BrNO4S/c1-3-31-22-13-19(21(27)15-23(22)32-16-18-9-7-8-17(2)12-18)14-24-25(29)28(26(30)33-24)20-10-5-4-6-11-20/h4-15H,3,16H2,1-2H3/b24-14-. The number of rotatable bonds is 7. The molecule has 1 aliphatic rings. The summed E-state index contributed by atoms with van der Waals surface area (Å²) in [6.07, 6.45) is 1.70. The van der Waals surface area contributed by atoms with Gasteiger partial charge >= 0.3 is 0 Å². The Morgan fingerprint density at radius 1 is 0.970 bits per heavy atom. The second-order valence-corrected chi connectivity index (χ2v) is 9.23. The van der Waals surface area contributed by atoms with Gasteiger partial charge in [0.1, 0.15) is 6.61 Å². The van der Waals surface area contributed by atoms with Crippen molar-refractivity contribution in [2.45, 2.75) is 20.5 Å². The molecule has 0 aromatic heterocycles. The first-order valence-corrected chi connectivity index (χ1v) is 12.0. The van der Waals surface area contributed by atoms with Crippen LogP contribution in [-0.4, -0.2) is 17.8 Å². The molecule has 2 amide bonds. The number of nitrogens with zero attached hydrogens (tertiary/aromatic N) is 1. The van der Waals surface area contributed by atoms with Crippen molar-refractivity contribution in [1.29, 1.82) is 0 Å². The molecule has 1 heterocycles. The van der Waals surface area contributed by atoms with Gasteiger partial charge in [-0.25, -0.2) is 4.90 Å². The molecule has 1 fully saturated rings. The summed E-state index contributed by atoms with van der Waals surface area (Å²) in [5, 5.41) is -0.322. The zero-order valence-electron chi connectivity index (χ0n) is 18.2. The SMILES string of the molecule is CCOc1cc(/C=C2\SC(=O)N(c3ccccc3)C2=O)c(Br)cc1OCc1cccc(C)c1. The summed E-state index contributed by atoms with van der Waals surface area (Å²) in [4.78, 5) is 27.0. The molecule has 168 valence electrons. The van der Waals surface area contributed by atoms with E-state index in [9.17, 15) is 9.59 Å². The van der Waals surface area contributed by atoms with Gasteiger partial charge in [-0.2, -0.15) is 0 Å². The Hall–Kier alpha value is -3.03. The van der Waals surface area contributed by atoms with Crippen molar-refractivity contribution in [3.8, 4) is 11.5 Å². The predicted molar refractivity (Wildman–Crippen MR) is 136 cm³/mol. The minimum absolute atomic E-state index is 0.322. The fourth-order valence-electron chi connectivity index (χ4n) is 3.41. The van der Waals surface area contributed by atoms with E-state index >= 15 is 0 Å². The number of hydrogen-bond acceptors (Lipinski definition) is 5. The van der Waals surface area contributed by atoms with Crippen molar-refractivity contribution >= 4 is 50.6 Å². The molecule has 0 bridgehead atoms. The number of halogens is 1. The van der Waals surface area contributed by atoms with E-state index in [1.165, 1.54) is 10.5 Å². The van der Waals surface area contributed by atoms with Crippen LogP contribution in [0.1, 0.15) is 23.6 Å². The molecule has 5 nitrogen and oxygen atoms in total. The molecule has 33 heavy (non-hydrogen) atoms. The van der Waals surface area contributed by atoms with E-state index < -0.39 is 0 Å². The number of imide groups is 1. The molecule has 0 saturated carbocycles. The highest BCUT2D eigenvalue weighted by atomic mass is 79.9. The Morgan fingerprint density at radius 3 is 2.45 bits per heavy atom. The quantitative estimate of drug-likeness (QED) is 0.312. The van der Waals surface area contributed by atoms with Crippen LogP contribution in [0.3, 0.4) is 0 Å². The lowest BCUT2D eigenvalue weighted by atomic mass is 10.1. The average molecular weight is 524 g/mol. The highest BCUT2D eigenvalue weighted by molar-refractivity contribution is 9.10. The second-order valence-electron chi connectivity index (χ2n) is 7.38. The molecule has 0 unspecified atom stereocenters. The molecule has 0 spiro atoms. The van der Waals surface area contributed by atoms with Crippen LogP contribution >= 0.6 is 27.7 Å². The van der Waals surface area contributed by atoms with Crippen molar-refractivity contribution in [3.63, 3.8) is 0 Å². The lowest BCUT2D eigenvalue weighted by molar-refractivity contribution is -0.113. The maximum Gasteiger partial charge on any atom is 0.298 e. The number of carbonyl (C=O) groups excluding carboxylic acids is 2. The van der Waals surface area contributed by atoms with Gasteiger partial charge in [-0.15, -0.1) is 0 Å². The third kappa shape index (κ3) is 5.31. The molecule has 0 atom stereocenters. The van der Waals surface area contributed by atoms with Gasteiger partial charge in [0.25, 0.3) is 11.1 Å². The van der Waals surface area contributed by atoms with Crippen LogP contribution in [0, 0.1) is 6.92 Å². The van der Waals surface area contributed by atoms with Gasteiger partial charge in [0.05, 0.1) is 17.2 Å². The van der Waals surface area contributed by atoms with E-state index in [2.05, 4.69) is 22.0 Å². The van der Waals surface area contributed by atoms with E-state index in [-0.39, 0.29) is 11.1 Å². The zero-order valence-corrected chi connectivity index (χ0v) is 20.6. The van der Waals surface area contributed by atoms with Crippen molar-refractivity contribution < 1.29 is 19.1 Å². The Balaban J connectivity index is 1.60. The van der Waals surface area contributed by atoms with Crippen molar-refractivity contribution in [2.75, 3.05) is 11.5 Å². The van der Waals surface area contributed by atoms with E-state index in [1.54, 1.807) is 30.3 Å². The van der Waals surface area contributed by atoms with Gasteiger partial charge in [-0.3, -0.25) is 9.59 Å². The highest BCUT2D eigenvalue weighted by Gasteiger charge is 2.36. The van der Waals surface area contributed by atoms with Gasteiger partial charge in [-0.1, -0.05) is 64.0 Å². The maximum atomic E-state index is 12.9. The largest absolute Gasteiger partial charge is 0.490 e. The second kappa shape index (κ2) is 10.3. The summed E-state index contributed by atoms with van der Waals surface area (Å²) in [6, 6.07) is 20.7. The van der Waals surface area contributed by atoms with Gasteiger partial charge in [0.15, 0.2) is 11.5 Å². The molecule has 0 N–H and O–H groups in total. The topological polar surface area (TPSA) is 55.8 Å². The molecule has 1 saturated heterocycles. The van der Waals surface area contributed by atoms with E-state index in [1.807, 2.05) is 50.2 Å². The minimum Gasteiger partial charge on any atom is -0.490 e. The molecular weight excluding hydrogens is 502 g/mol. The van der Waals surface area contributed by atoms with E-state index in [4.69, 9.17) is 9.47 Å². The fourth-order valence-corrected chi connectivity index (χ4v) is 4.68. The monoisotopic (exact) mass is 523 g/mol. The van der Waals surface area contributed by atoms with Crippen LogP contribution in [0.2, 0.25) is 0 Å². The lowest BCUT2D eigenvalue weighted by Gasteiger charge is -2.14. The van der Waals surface area contributed by atoms with Crippen LogP contribution in [-0.2, 0) is 11.4 Å². The number of thioether (sulfide) groups is 1. The summed E-state index contributed by atoms with van der Waals surface area (Å²) in [7, 11) is 0. The smallest absolute Gasteiger partial charge is 0.298 e. The summed E-state index contributed by atoms with van der Waals surface area (Å²) in [6.45, 7) is 4.81. The fraction of sp³-hybridized carbons (Fsp3) is 0.154. The summed E-state index contributed by atoms with van der Waals surface area (Å²) in [5.41, 5.74) is 3.51. The Morgan fingerprint density at radius 2 is 1.73 bits per heavy atom. The summed E-state index contributed by atoms with van der Waals surface area (Å²) >= 11 is 4.49. The Bertz CT molecular complexity index is 1230. The molecule has 3 aromatic rings. The Kier molecular flexibility index (Phi) is 7.20. The number of amides is 2. The number of carbonyl (C=O) groups is 2. The molecule has 7 heteroatoms. The maximum absolute atomic E-state index is 12.9. The van der Waals surface area contributed by atoms with E-state index in [0.29, 0.717) is 35.3 Å². The summed E-state index contributed by atoms with van der Waals surface area (Å²) in [5.74, 6) is 0.822. The first kappa shape index (κ1) is 23.1. The Labute approximate surface area is 205 Å². The zero-order chi connectivity index (χ0) is 23.4. The van der Waals surface area contributed by atoms with Crippen molar-refractivity contribution in [3.05, 3.63) is 92.8 Å². The molecule has 3 aromatic carbocycles. The van der Waals surface area contributed by atoms with Crippen molar-refractivity contribution in [2.24, 2.45) is 0 Å². The number of aryl methyl sites for hydroxylation is 1. The minimum atomic E-state index is -0.346. The van der Waals surface area contributed by atoms with Crippen LogP contribution < -0.4 is 14.4 Å². The molecule has 0 aliphatic carbocycles. The molecule has 1 aliphatic heterocycles. The molecular formula is C26H22BrNO4S. The number of anilines is 1. The molecule has 0 radical (unpaired) electrons. The normalized spacial score (nSPS) is 14.8. The van der Waals surface area contributed by atoms with Gasteiger partial charge in [-0.05, 0) is 67.1 Å².